The van der Waals surface area contributed by atoms with Crippen LogP contribution in [0.4, 0.5) is 5.69 Å². The minimum atomic E-state index is -4.02. The highest BCUT2D eigenvalue weighted by molar-refractivity contribution is 7.89. The molecule has 1 saturated heterocycles. The Morgan fingerprint density at radius 3 is 2.39 bits per heavy atom. The number of carboxylic acid groups (broad SMARTS) is 1. The second-order valence-electron chi connectivity index (χ2n) is 12.6. The van der Waals surface area contributed by atoms with Crippen molar-refractivity contribution in [3.8, 4) is 5.75 Å². The number of aliphatic carboxylic acids is 1. The number of anilines is 1. The van der Waals surface area contributed by atoms with Crippen LogP contribution < -0.4 is 9.64 Å². The van der Waals surface area contributed by atoms with Crippen LogP contribution in [0.5, 0.6) is 5.75 Å². The van der Waals surface area contributed by atoms with E-state index in [1.165, 1.54) is 4.31 Å². The van der Waals surface area contributed by atoms with E-state index in [4.69, 9.17) is 23.7 Å². The van der Waals surface area contributed by atoms with Gasteiger partial charge in [0.05, 0.1) is 56.1 Å². The fourth-order valence-electron chi connectivity index (χ4n) is 6.50. The van der Waals surface area contributed by atoms with Gasteiger partial charge in [0.2, 0.25) is 10.0 Å². The molecule has 266 valence electrons. The Kier molecular flexibility index (Phi) is 13.1. The Morgan fingerprint density at radius 1 is 0.939 bits per heavy atom. The maximum atomic E-state index is 14.1. The van der Waals surface area contributed by atoms with Crippen molar-refractivity contribution in [3.63, 3.8) is 0 Å². The van der Waals surface area contributed by atoms with E-state index in [0.717, 1.165) is 53.2 Å². The standard InChI is InChI=1S/C37H48N2O9S/c1-27-5-12-32(13-6-27)49(42,43)39-24-36(48-26-29-9-14-35-34(21-29)38(16-18-47-35)15-4-17-44-2)33(22-31(39)23-37(40)41)30-10-7-28(8-11-30)25-46-20-19-45-3/h5-14,21,31,33,36H,4,15-20,22-26H2,1-3H3,(H,40,41)/t31-,33-,36+/m1/s1. The van der Waals surface area contributed by atoms with Crippen LogP contribution in [0.15, 0.2) is 71.6 Å². The lowest BCUT2D eigenvalue weighted by Gasteiger charge is -2.43. The molecule has 12 heteroatoms. The topological polar surface area (TPSA) is 124 Å². The van der Waals surface area contributed by atoms with Crippen LogP contribution in [0, 0.1) is 6.92 Å². The van der Waals surface area contributed by atoms with Crippen molar-refractivity contribution < 1.29 is 42.0 Å². The summed E-state index contributed by atoms with van der Waals surface area (Å²) in [5.41, 5.74) is 4.81. The van der Waals surface area contributed by atoms with E-state index in [2.05, 4.69) is 11.0 Å². The van der Waals surface area contributed by atoms with Crippen molar-refractivity contribution in [2.24, 2.45) is 0 Å². The summed E-state index contributed by atoms with van der Waals surface area (Å²) in [6.45, 7) is 6.47. The van der Waals surface area contributed by atoms with E-state index in [1.807, 2.05) is 43.3 Å². The highest BCUT2D eigenvalue weighted by Gasteiger charge is 2.43. The third-order valence-corrected chi connectivity index (χ3v) is 11.0. The van der Waals surface area contributed by atoms with Gasteiger partial charge in [0.25, 0.3) is 0 Å². The van der Waals surface area contributed by atoms with E-state index < -0.39 is 28.1 Å². The van der Waals surface area contributed by atoms with Crippen molar-refractivity contribution in [3.05, 3.63) is 89.0 Å². The Morgan fingerprint density at radius 2 is 1.67 bits per heavy atom. The van der Waals surface area contributed by atoms with E-state index in [9.17, 15) is 18.3 Å². The summed E-state index contributed by atoms with van der Waals surface area (Å²) in [6.07, 6.45) is 0.320. The van der Waals surface area contributed by atoms with E-state index >= 15 is 0 Å². The van der Waals surface area contributed by atoms with Crippen LogP contribution in [0.1, 0.15) is 47.4 Å². The number of nitrogens with zero attached hydrogens (tertiary/aromatic N) is 2. The number of hydrogen-bond acceptors (Lipinski definition) is 9. The SMILES string of the molecule is COCCCN1CCOc2ccc(CO[C@H]3CN(S(=O)(=O)c4ccc(C)cc4)[C@@H](CC(=O)O)C[C@@H]3c3ccc(COCCOC)cc3)cc21. The van der Waals surface area contributed by atoms with Crippen molar-refractivity contribution in [2.75, 3.05) is 65.2 Å². The number of carbonyl (C=O) groups is 1. The number of rotatable bonds is 17. The Bertz CT molecular complexity index is 1620. The molecule has 2 aliphatic rings. The van der Waals surface area contributed by atoms with E-state index in [-0.39, 0.29) is 36.8 Å². The second-order valence-corrected chi connectivity index (χ2v) is 14.5. The lowest BCUT2D eigenvalue weighted by atomic mass is 9.83. The Hall–Kier alpha value is -3.52. The van der Waals surface area contributed by atoms with Crippen molar-refractivity contribution in [1.82, 2.24) is 4.31 Å². The van der Waals surface area contributed by atoms with Gasteiger partial charge in [-0.25, -0.2) is 8.42 Å². The smallest absolute Gasteiger partial charge is 0.304 e. The monoisotopic (exact) mass is 696 g/mol. The molecular formula is C37H48N2O9S. The lowest BCUT2D eigenvalue weighted by Crippen LogP contribution is -2.52. The number of fused-ring (bicyclic) bond motifs is 1. The minimum absolute atomic E-state index is 0.0118. The van der Waals surface area contributed by atoms with Crippen LogP contribution in [0.3, 0.4) is 0 Å². The lowest BCUT2D eigenvalue weighted by molar-refractivity contribution is -0.138. The fraction of sp³-hybridized carbons (Fsp3) is 0.486. The molecule has 0 saturated carbocycles. The second kappa shape index (κ2) is 17.4. The molecule has 49 heavy (non-hydrogen) atoms. The van der Waals surface area contributed by atoms with Gasteiger partial charge in [-0.2, -0.15) is 4.31 Å². The largest absolute Gasteiger partial charge is 0.490 e. The molecule has 3 atom stereocenters. The average molecular weight is 697 g/mol. The summed E-state index contributed by atoms with van der Waals surface area (Å²) < 4.78 is 58.1. The summed E-state index contributed by atoms with van der Waals surface area (Å²) in [6, 6.07) is 19.9. The molecule has 2 heterocycles. The van der Waals surface area contributed by atoms with E-state index in [1.54, 1.807) is 38.5 Å². The maximum Gasteiger partial charge on any atom is 0.304 e. The Labute approximate surface area is 289 Å². The molecule has 0 aliphatic carbocycles. The summed E-state index contributed by atoms with van der Waals surface area (Å²) in [5, 5.41) is 9.88. The van der Waals surface area contributed by atoms with Crippen molar-refractivity contribution in [2.45, 2.75) is 62.4 Å². The number of aryl methyl sites for hydroxylation is 1. The highest BCUT2D eigenvalue weighted by Crippen LogP contribution is 2.39. The van der Waals surface area contributed by atoms with Crippen molar-refractivity contribution >= 4 is 21.7 Å². The van der Waals surface area contributed by atoms with Gasteiger partial charge in [-0.3, -0.25) is 4.79 Å². The van der Waals surface area contributed by atoms with Gasteiger partial charge in [-0.1, -0.05) is 48.0 Å². The van der Waals surface area contributed by atoms with Gasteiger partial charge in [-0.15, -0.1) is 0 Å². The van der Waals surface area contributed by atoms with Crippen LogP contribution in [0.25, 0.3) is 0 Å². The van der Waals surface area contributed by atoms with Gasteiger partial charge < -0.3 is 33.7 Å². The van der Waals surface area contributed by atoms with Crippen LogP contribution in [-0.2, 0) is 47.0 Å². The molecule has 0 amide bonds. The number of sulfonamides is 1. The molecule has 0 spiro atoms. The summed E-state index contributed by atoms with van der Waals surface area (Å²) in [7, 11) is -0.688. The average Bonchev–Trinajstić information content (AvgIpc) is 3.10. The first-order chi connectivity index (χ1) is 23.7. The number of hydrogen-bond donors (Lipinski definition) is 1. The van der Waals surface area contributed by atoms with Gasteiger partial charge >= 0.3 is 5.97 Å². The predicted molar refractivity (Wildman–Crippen MR) is 186 cm³/mol. The molecular weight excluding hydrogens is 648 g/mol. The highest BCUT2D eigenvalue weighted by atomic mass is 32.2. The number of carboxylic acids is 1. The van der Waals surface area contributed by atoms with Gasteiger partial charge in [-0.05, 0) is 60.7 Å². The quantitative estimate of drug-likeness (QED) is 0.193. The molecule has 1 N–H and O–H groups in total. The molecule has 3 aromatic carbocycles. The molecule has 5 rings (SSSR count). The zero-order valence-electron chi connectivity index (χ0n) is 28.6. The predicted octanol–water partition coefficient (Wildman–Crippen LogP) is 5.00. The summed E-state index contributed by atoms with van der Waals surface area (Å²) in [5.74, 6) is -0.480. The van der Waals surface area contributed by atoms with Gasteiger partial charge in [0, 0.05) is 45.9 Å². The summed E-state index contributed by atoms with van der Waals surface area (Å²) in [4.78, 5) is 14.5. The third-order valence-electron chi connectivity index (χ3n) is 9.11. The van der Waals surface area contributed by atoms with Crippen LogP contribution >= 0.6 is 0 Å². The molecule has 0 aromatic heterocycles. The molecule has 11 nitrogen and oxygen atoms in total. The molecule has 1 fully saturated rings. The number of methoxy groups -OCH3 is 2. The van der Waals surface area contributed by atoms with E-state index in [0.29, 0.717) is 33.0 Å². The number of ether oxygens (including phenoxy) is 5. The normalized spacial score (nSPS) is 19.7. The molecule has 2 aliphatic heterocycles. The van der Waals surface area contributed by atoms with Crippen LogP contribution in [-0.4, -0.2) is 96.2 Å². The summed E-state index contributed by atoms with van der Waals surface area (Å²) >= 11 is 0. The Balaban J connectivity index is 1.42. The third kappa shape index (κ3) is 9.59. The fourth-order valence-corrected chi connectivity index (χ4v) is 8.15. The molecule has 0 unspecified atom stereocenters. The first-order valence-corrected chi connectivity index (χ1v) is 18.2. The number of piperidine rings is 1. The van der Waals surface area contributed by atoms with Gasteiger partial charge in [0.15, 0.2) is 0 Å². The zero-order valence-corrected chi connectivity index (χ0v) is 29.4. The first kappa shape index (κ1) is 36.8. The first-order valence-electron chi connectivity index (χ1n) is 16.8. The maximum absolute atomic E-state index is 14.1. The molecule has 3 aromatic rings. The van der Waals surface area contributed by atoms with Gasteiger partial charge in [0.1, 0.15) is 12.4 Å². The molecule has 0 bridgehead atoms. The molecule has 0 radical (unpaired) electrons. The number of benzene rings is 3. The van der Waals surface area contributed by atoms with Crippen LogP contribution in [0.2, 0.25) is 0 Å². The zero-order chi connectivity index (χ0) is 34.8. The minimum Gasteiger partial charge on any atom is -0.490 e. The van der Waals surface area contributed by atoms with Crippen molar-refractivity contribution in [1.29, 1.82) is 0 Å².